The van der Waals surface area contributed by atoms with E-state index < -0.39 is 0 Å². The van der Waals surface area contributed by atoms with Crippen LogP contribution in [0.4, 0.5) is 0 Å². The zero-order valence-corrected chi connectivity index (χ0v) is 6.41. The van der Waals surface area contributed by atoms with Gasteiger partial charge in [-0.1, -0.05) is 31.6 Å². The molecule has 0 spiro atoms. The number of rotatable bonds is 4. The minimum absolute atomic E-state index is 0.917. The normalized spacial score (nSPS) is 10.4. The summed E-state index contributed by atoms with van der Waals surface area (Å²) in [6.07, 6.45) is 8.53. The average Bonchev–Trinajstić information content (AvgIpc) is 1.80. The summed E-state index contributed by atoms with van der Waals surface area (Å²) in [6, 6.07) is 0. The van der Waals surface area contributed by atoms with Gasteiger partial charge in [-0.25, -0.2) is 0 Å². The van der Waals surface area contributed by atoms with E-state index in [-0.39, 0.29) is 0 Å². The zero-order chi connectivity index (χ0) is 7.11. The maximum atomic E-state index is 3.77. The van der Waals surface area contributed by atoms with Gasteiger partial charge >= 0.3 is 0 Å². The SMILES string of the molecule is C=C(C)C/[C]=C/CCC. The summed E-state index contributed by atoms with van der Waals surface area (Å²) in [6.45, 7) is 7.96. The van der Waals surface area contributed by atoms with E-state index in [0.29, 0.717) is 0 Å². The molecule has 0 aromatic heterocycles. The average molecular weight is 123 g/mol. The van der Waals surface area contributed by atoms with E-state index >= 15 is 0 Å². The molecule has 0 N–H and O–H groups in total. The minimum atomic E-state index is 0.917. The molecule has 0 fully saturated rings. The molecule has 0 aromatic carbocycles. The molecule has 0 aliphatic carbocycles. The molecule has 0 nitrogen and oxygen atoms in total. The van der Waals surface area contributed by atoms with Gasteiger partial charge < -0.3 is 0 Å². The number of allylic oxidation sites excluding steroid dienone is 3. The monoisotopic (exact) mass is 123 g/mol. The van der Waals surface area contributed by atoms with Crippen molar-refractivity contribution in [3.63, 3.8) is 0 Å². The molecule has 0 saturated heterocycles. The van der Waals surface area contributed by atoms with Gasteiger partial charge in [-0.2, -0.15) is 0 Å². The first-order chi connectivity index (χ1) is 4.27. The third-order valence-corrected chi connectivity index (χ3v) is 0.981. The van der Waals surface area contributed by atoms with E-state index in [0.717, 1.165) is 12.8 Å². The third kappa shape index (κ3) is 7.48. The lowest BCUT2D eigenvalue weighted by atomic mass is 10.2. The summed E-state index contributed by atoms with van der Waals surface area (Å²) < 4.78 is 0. The largest absolute Gasteiger partial charge is 0.0998 e. The van der Waals surface area contributed by atoms with Gasteiger partial charge in [-0.3, -0.25) is 0 Å². The predicted octanol–water partition coefficient (Wildman–Crippen LogP) is 3.11. The van der Waals surface area contributed by atoms with Gasteiger partial charge in [0.05, 0.1) is 0 Å². The van der Waals surface area contributed by atoms with E-state index in [4.69, 9.17) is 0 Å². The van der Waals surface area contributed by atoms with Gasteiger partial charge in [0.1, 0.15) is 0 Å². The van der Waals surface area contributed by atoms with E-state index in [2.05, 4.69) is 25.7 Å². The first kappa shape index (κ1) is 8.48. The molecule has 0 unspecified atom stereocenters. The second kappa shape index (κ2) is 5.61. The van der Waals surface area contributed by atoms with Gasteiger partial charge in [-0.05, 0) is 25.8 Å². The Labute approximate surface area is 58.3 Å². The fourth-order valence-corrected chi connectivity index (χ4v) is 0.493. The van der Waals surface area contributed by atoms with Gasteiger partial charge in [-0.15, -0.1) is 0 Å². The molecule has 0 rings (SSSR count). The van der Waals surface area contributed by atoms with Gasteiger partial charge in [0.2, 0.25) is 0 Å². The highest BCUT2D eigenvalue weighted by molar-refractivity contribution is 4.93. The Bertz CT molecular complexity index is 98.6. The van der Waals surface area contributed by atoms with Crippen molar-refractivity contribution >= 4 is 0 Å². The predicted molar refractivity (Wildman–Crippen MR) is 42.2 cm³/mol. The lowest BCUT2D eigenvalue weighted by molar-refractivity contribution is 0.948. The van der Waals surface area contributed by atoms with Crippen LogP contribution in [-0.4, -0.2) is 0 Å². The highest BCUT2D eigenvalue weighted by Crippen LogP contribution is 1.96. The fourth-order valence-electron chi connectivity index (χ4n) is 0.493. The van der Waals surface area contributed by atoms with E-state index in [1.807, 2.05) is 6.92 Å². The Morgan fingerprint density at radius 3 is 2.78 bits per heavy atom. The molecule has 0 aliphatic heterocycles. The molecule has 0 amide bonds. The fraction of sp³-hybridized carbons (Fsp3) is 0.556. The van der Waals surface area contributed by atoms with Crippen molar-refractivity contribution in [3.05, 3.63) is 24.3 Å². The first-order valence-electron chi connectivity index (χ1n) is 3.46. The molecular weight excluding hydrogens is 108 g/mol. The Kier molecular flexibility index (Phi) is 5.29. The molecule has 51 valence electrons. The molecule has 1 radical (unpaired) electrons. The maximum absolute atomic E-state index is 3.77. The highest BCUT2D eigenvalue weighted by atomic mass is 13.8. The highest BCUT2D eigenvalue weighted by Gasteiger charge is 1.78. The number of unbranched alkanes of at least 4 members (excludes halogenated alkanes) is 1. The van der Waals surface area contributed by atoms with Crippen molar-refractivity contribution in [2.45, 2.75) is 33.1 Å². The molecular formula is C9H15. The maximum Gasteiger partial charge on any atom is -0.00730 e. The van der Waals surface area contributed by atoms with Crippen LogP contribution in [0, 0.1) is 6.08 Å². The number of hydrogen-bond donors (Lipinski definition) is 0. The van der Waals surface area contributed by atoms with Crippen molar-refractivity contribution in [2.24, 2.45) is 0 Å². The summed E-state index contributed by atoms with van der Waals surface area (Å²) in [4.78, 5) is 0. The van der Waals surface area contributed by atoms with Crippen LogP contribution >= 0.6 is 0 Å². The van der Waals surface area contributed by atoms with Crippen molar-refractivity contribution < 1.29 is 0 Å². The Morgan fingerprint density at radius 2 is 2.33 bits per heavy atom. The summed E-state index contributed by atoms with van der Waals surface area (Å²) in [7, 11) is 0. The second-order valence-electron chi connectivity index (χ2n) is 2.33. The molecule has 0 heteroatoms. The molecule has 0 saturated carbocycles. The van der Waals surface area contributed by atoms with Crippen LogP contribution in [0.2, 0.25) is 0 Å². The lowest BCUT2D eigenvalue weighted by Gasteiger charge is -1.87. The quantitative estimate of drug-likeness (QED) is 0.504. The van der Waals surface area contributed by atoms with Crippen molar-refractivity contribution in [1.82, 2.24) is 0 Å². The topological polar surface area (TPSA) is 0 Å². The van der Waals surface area contributed by atoms with Crippen molar-refractivity contribution in [2.75, 3.05) is 0 Å². The van der Waals surface area contributed by atoms with Crippen molar-refractivity contribution in [1.29, 1.82) is 0 Å². The van der Waals surface area contributed by atoms with Gasteiger partial charge in [0.15, 0.2) is 0 Å². The molecule has 0 heterocycles. The minimum Gasteiger partial charge on any atom is -0.0998 e. The van der Waals surface area contributed by atoms with E-state index in [9.17, 15) is 0 Å². The molecule has 0 atom stereocenters. The van der Waals surface area contributed by atoms with E-state index in [1.54, 1.807) is 0 Å². The summed E-state index contributed by atoms with van der Waals surface area (Å²) in [5.41, 5.74) is 1.18. The molecule has 0 bridgehead atoms. The van der Waals surface area contributed by atoms with E-state index in [1.165, 1.54) is 12.0 Å². The van der Waals surface area contributed by atoms with Crippen molar-refractivity contribution in [3.8, 4) is 0 Å². The molecule has 0 aliphatic rings. The lowest BCUT2D eigenvalue weighted by Crippen LogP contribution is -1.68. The van der Waals surface area contributed by atoms with Crippen LogP contribution in [0.3, 0.4) is 0 Å². The van der Waals surface area contributed by atoms with Crippen LogP contribution in [0.1, 0.15) is 33.1 Å². The van der Waals surface area contributed by atoms with Crippen LogP contribution in [0.25, 0.3) is 0 Å². The van der Waals surface area contributed by atoms with Gasteiger partial charge in [0.25, 0.3) is 0 Å². The molecule has 9 heavy (non-hydrogen) atoms. The standard InChI is InChI=1S/C9H15/c1-4-5-6-7-8-9(2)3/h6H,2,4-5,8H2,1,3H3. The van der Waals surface area contributed by atoms with Crippen LogP contribution in [0.5, 0.6) is 0 Å². The van der Waals surface area contributed by atoms with Crippen LogP contribution in [-0.2, 0) is 0 Å². The van der Waals surface area contributed by atoms with Gasteiger partial charge in [0, 0.05) is 0 Å². The number of hydrogen-bond acceptors (Lipinski definition) is 0. The summed E-state index contributed by atoms with van der Waals surface area (Å²) in [5, 5.41) is 0. The summed E-state index contributed by atoms with van der Waals surface area (Å²) in [5.74, 6) is 0. The zero-order valence-electron chi connectivity index (χ0n) is 6.41. The molecule has 0 aromatic rings. The first-order valence-corrected chi connectivity index (χ1v) is 3.46. The smallest absolute Gasteiger partial charge is 0.00730 e. The van der Waals surface area contributed by atoms with Crippen LogP contribution in [0.15, 0.2) is 18.2 Å². The summed E-state index contributed by atoms with van der Waals surface area (Å²) >= 11 is 0. The Morgan fingerprint density at radius 1 is 1.67 bits per heavy atom. The Hall–Kier alpha value is -0.520. The third-order valence-electron chi connectivity index (χ3n) is 0.981. The van der Waals surface area contributed by atoms with Crippen LogP contribution < -0.4 is 0 Å². The Balaban J connectivity index is 3.14. The second-order valence-corrected chi connectivity index (χ2v) is 2.33.